The van der Waals surface area contributed by atoms with Gasteiger partial charge in [-0.3, -0.25) is 24.2 Å². The number of carbonyl (C=O) groups excluding carboxylic acids is 1. The maximum Gasteiger partial charge on any atom is 0.253 e. The summed E-state index contributed by atoms with van der Waals surface area (Å²) in [6, 6.07) is 9.70. The van der Waals surface area contributed by atoms with E-state index in [0.29, 0.717) is 39.3 Å². The van der Waals surface area contributed by atoms with Crippen molar-refractivity contribution in [2.75, 3.05) is 48.3 Å². The number of aromatic nitrogens is 1. The Morgan fingerprint density at radius 2 is 1.72 bits per heavy atom. The highest BCUT2D eigenvalue weighted by molar-refractivity contribution is 6.33. The quantitative estimate of drug-likeness (QED) is 0.288. The zero-order valence-electron chi connectivity index (χ0n) is 24.2. The molecule has 3 heterocycles. The fraction of sp³-hybridized carbons (Fsp3) is 0.484. The van der Waals surface area contributed by atoms with E-state index < -0.39 is 16.9 Å². The average Bonchev–Trinajstić information content (AvgIpc) is 3.84. The summed E-state index contributed by atoms with van der Waals surface area (Å²) in [6.45, 7) is 6.28. The molecule has 1 saturated carbocycles. The lowest BCUT2D eigenvalue weighted by atomic mass is 9.95. The summed E-state index contributed by atoms with van der Waals surface area (Å²) in [5.41, 5.74) is 6.93. The van der Waals surface area contributed by atoms with E-state index in [0.717, 1.165) is 70.4 Å². The number of primary amides is 1. The Kier molecular flexibility index (Phi) is 8.64. The molecule has 10 nitrogen and oxygen atoms in total. The molecule has 2 atom stereocenters. The van der Waals surface area contributed by atoms with Crippen LogP contribution in [0, 0.1) is 0 Å². The zero-order chi connectivity index (χ0) is 30.2. The van der Waals surface area contributed by atoms with Gasteiger partial charge in [0.1, 0.15) is 23.2 Å². The third kappa shape index (κ3) is 6.24. The molecule has 2 saturated heterocycles. The molecular formula is C31H37Cl2N7O3. The van der Waals surface area contributed by atoms with E-state index in [9.17, 15) is 14.4 Å². The van der Waals surface area contributed by atoms with Crippen molar-refractivity contribution in [3.05, 3.63) is 72.6 Å². The molecule has 6 rings (SSSR count). The van der Waals surface area contributed by atoms with Crippen molar-refractivity contribution in [1.29, 1.82) is 0 Å². The van der Waals surface area contributed by atoms with Gasteiger partial charge >= 0.3 is 0 Å². The molecule has 43 heavy (non-hydrogen) atoms. The normalized spacial score (nSPS) is 21.2. The van der Waals surface area contributed by atoms with Gasteiger partial charge in [0.05, 0.1) is 16.9 Å². The topological polar surface area (TPSA) is 124 Å². The SMILES string of the molecule is CC[C@H]1CN(c2ncc(Nc3c(NC4CC4)c(=O)c3=O)cc2Cl)CCN1C1CCN([C@@H](C(N)=O)c2ccc(Cl)cc2)CC1. The van der Waals surface area contributed by atoms with E-state index in [1.165, 1.54) is 0 Å². The van der Waals surface area contributed by atoms with Crippen LogP contribution in [0.3, 0.4) is 0 Å². The third-order valence-electron chi connectivity index (χ3n) is 9.01. The van der Waals surface area contributed by atoms with Crippen LogP contribution in [0.4, 0.5) is 22.9 Å². The number of nitrogens with one attached hydrogen (secondary N) is 2. The van der Waals surface area contributed by atoms with E-state index >= 15 is 0 Å². The van der Waals surface area contributed by atoms with Crippen LogP contribution in [0.15, 0.2) is 46.1 Å². The smallest absolute Gasteiger partial charge is 0.253 e. The summed E-state index contributed by atoms with van der Waals surface area (Å²) in [6.07, 6.45) is 6.59. The molecule has 1 amide bonds. The number of likely N-dealkylation sites (tertiary alicyclic amines) is 1. The number of piperazine rings is 1. The predicted molar refractivity (Wildman–Crippen MR) is 172 cm³/mol. The molecule has 0 spiro atoms. The number of pyridine rings is 1. The first-order valence-electron chi connectivity index (χ1n) is 15.1. The van der Waals surface area contributed by atoms with Crippen LogP contribution in [-0.2, 0) is 4.79 Å². The summed E-state index contributed by atoms with van der Waals surface area (Å²) in [5, 5.41) is 7.32. The zero-order valence-corrected chi connectivity index (χ0v) is 25.7. The van der Waals surface area contributed by atoms with Crippen LogP contribution in [0.1, 0.15) is 50.6 Å². The predicted octanol–water partition coefficient (Wildman–Crippen LogP) is 3.89. The number of nitrogens with zero attached hydrogens (tertiary/aromatic N) is 4. The fourth-order valence-corrected chi connectivity index (χ4v) is 6.95. The van der Waals surface area contributed by atoms with Crippen molar-refractivity contribution < 1.29 is 4.79 Å². The number of nitrogens with two attached hydrogens (primary N) is 1. The maximum atomic E-state index is 12.4. The molecule has 12 heteroatoms. The summed E-state index contributed by atoms with van der Waals surface area (Å²) < 4.78 is 0. The van der Waals surface area contributed by atoms with Crippen LogP contribution in [0.5, 0.6) is 0 Å². The van der Waals surface area contributed by atoms with Gasteiger partial charge in [0.2, 0.25) is 5.91 Å². The highest BCUT2D eigenvalue weighted by Crippen LogP contribution is 2.34. The van der Waals surface area contributed by atoms with Crippen molar-refractivity contribution >= 4 is 52.0 Å². The Balaban J connectivity index is 1.07. The van der Waals surface area contributed by atoms with Gasteiger partial charge in [-0.25, -0.2) is 4.98 Å². The Labute approximate surface area is 260 Å². The van der Waals surface area contributed by atoms with Crippen molar-refractivity contribution in [2.45, 2.75) is 63.2 Å². The van der Waals surface area contributed by atoms with Crippen LogP contribution in [0.2, 0.25) is 10.0 Å². The lowest BCUT2D eigenvalue weighted by Crippen LogP contribution is -2.59. The minimum Gasteiger partial charge on any atom is -0.377 e. The second kappa shape index (κ2) is 12.4. The number of halogens is 2. The van der Waals surface area contributed by atoms with Crippen LogP contribution < -0.4 is 32.1 Å². The summed E-state index contributed by atoms with van der Waals surface area (Å²) in [4.78, 5) is 48.3. The third-order valence-corrected chi connectivity index (χ3v) is 9.54. The minimum atomic E-state index is -0.522. The standard InChI is InChI=1S/C31H37Cl2N7O3/c1-2-22-17-39(31-24(33)15-21(16-35-31)37-26-25(28(41)29(26)42)36-20-7-8-20)13-14-40(22)23-9-11-38(12-10-23)27(30(34)43)18-3-5-19(32)6-4-18/h3-6,15-16,20,22-23,27,36-37H,2,7-14,17H2,1H3,(H2,34,43)/t22-,27+/m0/s1. The molecule has 1 aliphatic carbocycles. The Bertz CT molecular complexity index is 1550. The van der Waals surface area contributed by atoms with Gasteiger partial charge in [-0.1, -0.05) is 42.3 Å². The number of benzene rings is 1. The van der Waals surface area contributed by atoms with E-state index in [2.05, 4.69) is 37.2 Å². The van der Waals surface area contributed by atoms with Crippen molar-refractivity contribution in [2.24, 2.45) is 5.73 Å². The van der Waals surface area contributed by atoms with Gasteiger partial charge in [0.15, 0.2) is 0 Å². The molecule has 0 radical (unpaired) electrons. The molecule has 0 unspecified atom stereocenters. The Morgan fingerprint density at radius 1 is 1.02 bits per heavy atom. The Hall–Kier alpha value is -3.18. The number of hydrogen-bond acceptors (Lipinski definition) is 9. The van der Waals surface area contributed by atoms with Crippen molar-refractivity contribution in [3.63, 3.8) is 0 Å². The molecular weight excluding hydrogens is 589 g/mol. The lowest BCUT2D eigenvalue weighted by Gasteiger charge is -2.48. The average molecular weight is 627 g/mol. The van der Waals surface area contributed by atoms with Crippen LogP contribution in [0.25, 0.3) is 0 Å². The van der Waals surface area contributed by atoms with Gasteiger partial charge in [0, 0.05) is 55.9 Å². The number of carbonyl (C=O) groups is 1. The summed E-state index contributed by atoms with van der Waals surface area (Å²) in [7, 11) is 0. The number of amides is 1. The second-order valence-electron chi connectivity index (χ2n) is 11.9. The summed E-state index contributed by atoms with van der Waals surface area (Å²) >= 11 is 12.8. The molecule has 1 aromatic heterocycles. The summed E-state index contributed by atoms with van der Waals surface area (Å²) in [5.74, 6) is 0.375. The lowest BCUT2D eigenvalue weighted by molar-refractivity contribution is -0.124. The fourth-order valence-electron chi connectivity index (χ4n) is 6.54. The first-order valence-corrected chi connectivity index (χ1v) is 15.8. The highest BCUT2D eigenvalue weighted by Gasteiger charge is 2.36. The molecule has 4 N–H and O–H groups in total. The van der Waals surface area contributed by atoms with Crippen molar-refractivity contribution in [3.8, 4) is 0 Å². The van der Waals surface area contributed by atoms with E-state index in [1.54, 1.807) is 24.4 Å². The van der Waals surface area contributed by atoms with Gasteiger partial charge < -0.3 is 21.3 Å². The molecule has 3 fully saturated rings. The highest BCUT2D eigenvalue weighted by atomic mass is 35.5. The molecule has 3 aromatic rings. The first kappa shape index (κ1) is 29.9. The number of anilines is 4. The van der Waals surface area contributed by atoms with Gasteiger partial charge in [-0.15, -0.1) is 0 Å². The minimum absolute atomic E-state index is 0.270. The van der Waals surface area contributed by atoms with E-state index in [-0.39, 0.29) is 17.6 Å². The molecule has 2 aliphatic heterocycles. The largest absolute Gasteiger partial charge is 0.377 e. The van der Waals surface area contributed by atoms with Gasteiger partial charge in [-0.2, -0.15) is 0 Å². The van der Waals surface area contributed by atoms with E-state index in [4.69, 9.17) is 28.9 Å². The molecule has 228 valence electrons. The van der Waals surface area contributed by atoms with Crippen LogP contribution >= 0.6 is 23.2 Å². The van der Waals surface area contributed by atoms with E-state index in [1.807, 2.05) is 12.1 Å². The molecule has 2 aromatic carbocycles. The van der Waals surface area contributed by atoms with Crippen LogP contribution in [-0.4, -0.2) is 71.5 Å². The number of piperidine rings is 1. The second-order valence-corrected chi connectivity index (χ2v) is 12.7. The number of rotatable bonds is 10. The van der Waals surface area contributed by atoms with Crippen molar-refractivity contribution in [1.82, 2.24) is 14.8 Å². The monoisotopic (exact) mass is 625 g/mol. The van der Waals surface area contributed by atoms with Gasteiger partial charge in [0.25, 0.3) is 10.9 Å². The number of hydrogen-bond donors (Lipinski definition) is 3. The maximum absolute atomic E-state index is 12.4. The first-order chi connectivity index (χ1) is 20.7. The Morgan fingerprint density at radius 3 is 2.35 bits per heavy atom. The van der Waals surface area contributed by atoms with Gasteiger partial charge in [-0.05, 0) is 55.9 Å². The molecule has 3 aliphatic rings. The molecule has 0 bridgehead atoms.